The number of nitrogens with one attached hydrogen (secondary N) is 1. The predicted octanol–water partition coefficient (Wildman–Crippen LogP) is 3.81. The number of rotatable bonds is 4. The molecule has 1 unspecified atom stereocenters. The van der Waals surface area contributed by atoms with Crippen LogP contribution in [-0.4, -0.2) is 34.7 Å². The van der Waals surface area contributed by atoms with Crippen LogP contribution >= 0.6 is 0 Å². The summed E-state index contributed by atoms with van der Waals surface area (Å²) in [4.78, 5) is 13.9. The summed E-state index contributed by atoms with van der Waals surface area (Å²) in [5.74, 6) is 1.18. The average Bonchev–Trinajstić information content (AvgIpc) is 3.21. The molecule has 0 aliphatic carbocycles. The number of hydrogen-bond donors (Lipinski definition) is 1. The number of piperidine rings is 1. The number of benzene rings is 1. The molecular formula is C19H17F2N5O. The Bertz CT molecular complexity index is 984. The fraction of sp³-hybridized carbons (Fsp3) is 0.316. The smallest absolute Gasteiger partial charge is 0.387 e. The molecule has 0 radical (unpaired) electrons. The number of fused-ring (bicyclic) bond motifs is 1. The second kappa shape index (κ2) is 7.19. The van der Waals surface area contributed by atoms with Gasteiger partial charge in [0.05, 0.1) is 16.8 Å². The summed E-state index contributed by atoms with van der Waals surface area (Å²) in [5, 5.41) is 10.2. The number of aromatic nitrogens is 3. The van der Waals surface area contributed by atoms with Crippen molar-refractivity contribution in [1.82, 2.24) is 15.0 Å². The molecule has 1 N–H and O–H groups in total. The first-order valence-corrected chi connectivity index (χ1v) is 8.67. The fourth-order valence-electron chi connectivity index (χ4n) is 3.66. The molecule has 138 valence electrons. The first-order valence-electron chi connectivity index (χ1n) is 8.67. The van der Waals surface area contributed by atoms with E-state index in [1.165, 1.54) is 18.3 Å². The van der Waals surface area contributed by atoms with E-state index in [1.807, 2.05) is 0 Å². The summed E-state index contributed by atoms with van der Waals surface area (Å²) in [6, 6.07) is 6.80. The standard InChI is InChI=1S/C19H17F2N5O/c20-19(21)27-14-3-4-16-15(8-14)17(13(9-22)10-25-16)26-7-1-2-12(11-26)18-23-5-6-24-18/h3-6,8,10,12,19H,1-2,7,11H2,(H,23,24). The maximum absolute atomic E-state index is 12.6. The highest BCUT2D eigenvalue weighted by Crippen LogP contribution is 2.36. The van der Waals surface area contributed by atoms with E-state index in [2.05, 4.69) is 30.7 Å². The largest absolute Gasteiger partial charge is 0.435 e. The Hall–Kier alpha value is -3.21. The van der Waals surface area contributed by atoms with Crippen molar-refractivity contribution in [2.75, 3.05) is 18.0 Å². The Morgan fingerprint density at radius 2 is 2.22 bits per heavy atom. The van der Waals surface area contributed by atoms with E-state index >= 15 is 0 Å². The number of alkyl halides is 2. The van der Waals surface area contributed by atoms with Crippen LogP contribution in [0.25, 0.3) is 10.9 Å². The van der Waals surface area contributed by atoms with Crippen molar-refractivity contribution < 1.29 is 13.5 Å². The van der Waals surface area contributed by atoms with Crippen molar-refractivity contribution in [1.29, 1.82) is 5.26 Å². The molecule has 1 aliphatic heterocycles. The first-order chi connectivity index (χ1) is 13.2. The summed E-state index contributed by atoms with van der Waals surface area (Å²) in [6.07, 6.45) is 6.99. The molecule has 3 heterocycles. The number of anilines is 1. The zero-order valence-corrected chi connectivity index (χ0v) is 14.4. The average molecular weight is 369 g/mol. The van der Waals surface area contributed by atoms with Gasteiger partial charge in [0, 0.05) is 43.0 Å². The van der Waals surface area contributed by atoms with Gasteiger partial charge in [-0.25, -0.2) is 4.98 Å². The number of nitriles is 1. The van der Waals surface area contributed by atoms with Gasteiger partial charge >= 0.3 is 6.61 Å². The number of aromatic amines is 1. The van der Waals surface area contributed by atoms with Crippen LogP contribution in [0.15, 0.2) is 36.8 Å². The maximum atomic E-state index is 12.6. The van der Waals surface area contributed by atoms with Crippen LogP contribution in [0.4, 0.5) is 14.5 Å². The van der Waals surface area contributed by atoms with Crippen molar-refractivity contribution in [3.63, 3.8) is 0 Å². The predicted molar refractivity (Wildman–Crippen MR) is 95.9 cm³/mol. The first kappa shape index (κ1) is 17.2. The van der Waals surface area contributed by atoms with Gasteiger partial charge in [0.2, 0.25) is 0 Å². The van der Waals surface area contributed by atoms with Crippen LogP contribution < -0.4 is 9.64 Å². The van der Waals surface area contributed by atoms with E-state index in [9.17, 15) is 14.0 Å². The van der Waals surface area contributed by atoms with Crippen molar-refractivity contribution in [3.05, 3.63) is 48.2 Å². The molecule has 1 aromatic carbocycles. The van der Waals surface area contributed by atoms with E-state index in [1.54, 1.807) is 18.5 Å². The second-order valence-corrected chi connectivity index (χ2v) is 6.45. The zero-order valence-electron chi connectivity index (χ0n) is 14.4. The van der Waals surface area contributed by atoms with Gasteiger partial charge in [0.15, 0.2) is 0 Å². The number of imidazole rings is 1. The highest BCUT2D eigenvalue weighted by atomic mass is 19.3. The van der Waals surface area contributed by atoms with Crippen molar-refractivity contribution in [3.8, 4) is 11.8 Å². The normalized spacial score (nSPS) is 17.3. The molecule has 1 fully saturated rings. The topological polar surface area (TPSA) is 77.8 Å². The number of hydrogen-bond acceptors (Lipinski definition) is 5. The molecule has 1 atom stereocenters. The van der Waals surface area contributed by atoms with E-state index in [4.69, 9.17) is 0 Å². The highest BCUT2D eigenvalue weighted by molar-refractivity contribution is 5.95. The Kier molecular flexibility index (Phi) is 4.59. The highest BCUT2D eigenvalue weighted by Gasteiger charge is 2.26. The SMILES string of the molecule is N#Cc1cnc2ccc(OC(F)F)cc2c1N1CCCC(c2ncc[nH]2)C1. The molecule has 1 aliphatic rings. The summed E-state index contributed by atoms with van der Waals surface area (Å²) in [7, 11) is 0. The molecule has 0 spiro atoms. The van der Waals surface area contributed by atoms with Crippen LogP contribution in [-0.2, 0) is 0 Å². The molecule has 0 saturated carbocycles. The summed E-state index contributed by atoms with van der Waals surface area (Å²) in [6.45, 7) is -1.46. The van der Waals surface area contributed by atoms with Crippen molar-refractivity contribution >= 4 is 16.6 Å². The minimum atomic E-state index is -2.91. The van der Waals surface area contributed by atoms with E-state index in [-0.39, 0.29) is 11.7 Å². The van der Waals surface area contributed by atoms with Gasteiger partial charge in [-0.05, 0) is 31.0 Å². The Labute approximate surface area is 154 Å². The lowest BCUT2D eigenvalue weighted by molar-refractivity contribution is -0.0497. The van der Waals surface area contributed by atoms with Gasteiger partial charge < -0.3 is 14.6 Å². The van der Waals surface area contributed by atoms with Crippen molar-refractivity contribution in [2.24, 2.45) is 0 Å². The lowest BCUT2D eigenvalue weighted by Gasteiger charge is -2.34. The van der Waals surface area contributed by atoms with E-state index < -0.39 is 6.61 Å². The Morgan fingerprint density at radius 3 is 2.96 bits per heavy atom. The third kappa shape index (κ3) is 3.40. The second-order valence-electron chi connectivity index (χ2n) is 6.45. The van der Waals surface area contributed by atoms with Gasteiger partial charge in [0.1, 0.15) is 17.6 Å². The third-order valence-electron chi connectivity index (χ3n) is 4.80. The zero-order chi connectivity index (χ0) is 18.8. The van der Waals surface area contributed by atoms with Crippen LogP contribution in [0.1, 0.15) is 30.1 Å². The molecule has 4 rings (SSSR count). The van der Waals surface area contributed by atoms with Crippen molar-refractivity contribution in [2.45, 2.75) is 25.4 Å². The third-order valence-corrected chi connectivity index (χ3v) is 4.80. The number of pyridine rings is 1. The fourth-order valence-corrected chi connectivity index (χ4v) is 3.66. The molecule has 27 heavy (non-hydrogen) atoms. The van der Waals surface area contributed by atoms with Gasteiger partial charge in [-0.15, -0.1) is 0 Å². The summed E-state index contributed by atoms with van der Waals surface area (Å²) >= 11 is 0. The monoisotopic (exact) mass is 369 g/mol. The molecule has 0 amide bonds. The molecule has 6 nitrogen and oxygen atoms in total. The van der Waals surface area contributed by atoms with Gasteiger partial charge in [-0.3, -0.25) is 4.98 Å². The quantitative estimate of drug-likeness (QED) is 0.757. The molecule has 1 saturated heterocycles. The number of nitrogens with zero attached hydrogens (tertiary/aromatic N) is 4. The van der Waals surface area contributed by atoms with Gasteiger partial charge in [0.25, 0.3) is 0 Å². The molecular weight excluding hydrogens is 352 g/mol. The molecule has 3 aromatic rings. The minimum absolute atomic E-state index is 0.0511. The lowest BCUT2D eigenvalue weighted by Crippen LogP contribution is -2.35. The van der Waals surface area contributed by atoms with Crippen LogP contribution in [0.3, 0.4) is 0 Å². The number of ether oxygens (including phenoxy) is 1. The van der Waals surface area contributed by atoms with Crippen LogP contribution in [0.5, 0.6) is 5.75 Å². The summed E-state index contributed by atoms with van der Waals surface area (Å²) in [5.41, 5.74) is 1.75. The van der Waals surface area contributed by atoms with Gasteiger partial charge in [-0.1, -0.05) is 0 Å². The van der Waals surface area contributed by atoms with Crippen LogP contribution in [0.2, 0.25) is 0 Å². The lowest BCUT2D eigenvalue weighted by atomic mass is 9.95. The number of H-pyrrole nitrogens is 1. The molecule has 2 aromatic heterocycles. The minimum Gasteiger partial charge on any atom is -0.435 e. The maximum Gasteiger partial charge on any atom is 0.387 e. The van der Waals surface area contributed by atoms with E-state index in [0.717, 1.165) is 25.2 Å². The van der Waals surface area contributed by atoms with Crippen LogP contribution in [0, 0.1) is 11.3 Å². The molecule has 0 bridgehead atoms. The Balaban J connectivity index is 1.77. The Morgan fingerprint density at radius 1 is 1.33 bits per heavy atom. The summed E-state index contributed by atoms with van der Waals surface area (Å²) < 4.78 is 29.8. The number of halogens is 2. The molecule has 8 heteroatoms. The van der Waals surface area contributed by atoms with Gasteiger partial charge in [-0.2, -0.15) is 14.0 Å². The van der Waals surface area contributed by atoms with E-state index in [0.29, 0.717) is 28.7 Å².